The molecule has 0 radical (unpaired) electrons. The third-order valence-corrected chi connectivity index (χ3v) is 8.84. The third-order valence-electron chi connectivity index (χ3n) is 6.07. The molecule has 1 aromatic carbocycles. The van der Waals surface area contributed by atoms with Crippen LogP contribution in [0.25, 0.3) is 6.08 Å². The molecule has 2 aliphatic rings. The predicted molar refractivity (Wildman–Crippen MR) is 127 cm³/mol. The van der Waals surface area contributed by atoms with E-state index in [1.54, 1.807) is 6.08 Å². The number of nitrogens with one attached hydrogen (secondary N) is 1. The van der Waals surface area contributed by atoms with Crippen molar-refractivity contribution >= 4 is 44.3 Å². The summed E-state index contributed by atoms with van der Waals surface area (Å²) in [5.41, 5.74) is 7.85. The summed E-state index contributed by atoms with van der Waals surface area (Å²) in [4.78, 5) is 26.0. The van der Waals surface area contributed by atoms with E-state index < -0.39 is 15.9 Å². The zero-order valence-corrected chi connectivity index (χ0v) is 19.4. The van der Waals surface area contributed by atoms with E-state index in [4.69, 9.17) is 5.73 Å². The Hall–Kier alpha value is -2.49. The summed E-state index contributed by atoms with van der Waals surface area (Å²) in [5.74, 6) is -0.992. The van der Waals surface area contributed by atoms with Crippen molar-refractivity contribution in [2.24, 2.45) is 11.7 Å². The van der Waals surface area contributed by atoms with Gasteiger partial charge < -0.3 is 11.1 Å². The molecule has 0 atom stereocenters. The monoisotopic (exact) mass is 473 g/mol. The van der Waals surface area contributed by atoms with E-state index in [1.165, 1.54) is 21.1 Å². The van der Waals surface area contributed by atoms with Crippen molar-refractivity contribution < 1.29 is 18.0 Å². The molecule has 1 fully saturated rings. The van der Waals surface area contributed by atoms with Crippen LogP contribution in [0.2, 0.25) is 0 Å². The number of amides is 2. The van der Waals surface area contributed by atoms with Crippen LogP contribution in [0.5, 0.6) is 0 Å². The highest BCUT2D eigenvalue weighted by molar-refractivity contribution is 7.92. The van der Waals surface area contributed by atoms with Crippen molar-refractivity contribution in [2.45, 2.75) is 38.5 Å². The van der Waals surface area contributed by atoms with Gasteiger partial charge in [0.2, 0.25) is 15.9 Å². The molecule has 4 rings (SSSR count). The summed E-state index contributed by atoms with van der Waals surface area (Å²) in [6.45, 7) is 0.562. The zero-order chi connectivity index (χ0) is 22.7. The number of primary amides is 1. The molecule has 0 unspecified atom stereocenters. The molecule has 2 heterocycles. The number of rotatable bonds is 6. The van der Waals surface area contributed by atoms with Gasteiger partial charge in [0.05, 0.1) is 5.56 Å². The number of thiophene rings is 1. The normalized spacial score (nSPS) is 17.9. The zero-order valence-electron chi connectivity index (χ0n) is 17.7. The molecule has 0 saturated carbocycles. The number of nitrogens with two attached hydrogens (primary N) is 1. The molecule has 1 aliphatic heterocycles. The maximum absolute atomic E-state index is 12.9. The van der Waals surface area contributed by atoms with Crippen LogP contribution in [0.1, 0.15) is 52.0 Å². The Morgan fingerprint density at radius 2 is 1.78 bits per heavy atom. The van der Waals surface area contributed by atoms with Gasteiger partial charge in [-0.05, 0) is 55.7 Å². The van der Waals surface area contributed by atoms with Crippen molar-refractivity contribution in [3.05, 3.63) is 57.3 Å². The number of fused-ring (bicyclic) bond motifs is 1. The van der Waals surface area contributed by atoms with Crippen LogP contribution in [-0.4, -0.2) is 37.6 Å². The number of benzene rings is 1. The Bertz CT molecular complexity index is 1130. The number of piperidine rings is 1. The molecular weight excluding hydrogens is 446 g/mol. The van der Waals surface area contributed by atoms with E-state index in [2.05, 4.69) is 5.32 Å². The summed E-state index contributed by atoms with van der Waals surface area (Å²) < 4.78 is 26.7. The number of nitrogens with zero attached hydrogens (tertiary/aromatic N) is 1. The second-order valence-electron chi connectivity index (χ2n) is 8.20. The highest BCUT2D eigenvalue weighted by Crippen LogP contribution is 2.38. The summed E-state index contributed by atoms with van der Waals surface area (Å²) >= 11 is 1.44. The number of aryl methyl sites for hydroxylation is 1. The van der Waals surface area contributed by atoms with Gasteiger partial charge in [-0.15, -0.1) is 11.3 Å². The second-order valence-corrected chi connectivity index (χ2v) is 11.1. The first-order valence-corrected chi connectivity index (χ1v) is 13.2. The molecule has 170 valence electrons. The van der Waals surface area contributed by atoms with Crippen LogP contribution in [0.15, 0.2) is 35.7 Å². The molecule has 3 N–H and O–H groups in total. The van der Waals surface area contributed by atoms with Crippen molar-refractivity contribution in [3.63, 3.8) is 0 Å². The molecule has 0 bridgehead atoms. The Labute approximate surface area is 192 Å². The van der Waals surface area contributed by atoms with Gasteiger partial charge in [0.1, 0.15) is 5.00 Å². The lowest BCUT2D eigenvalue weighted by atomic mass is 9.95. The van der Waals surface area contributed by atoms with Crippen LogP contribution in [0.4, 0.5) is 5.00 Å². The number of hydrogen-bond acceptors (Lipinski definition) is 5. The lowest BCUT2D eigenvalue weighted by Gasteiger charge is -2.29. The van der Waals surface area contributed by atoms with E-state index in [0.717, 1.165) is 41.7 Å². The first-order chi connectivity index (χ1) is 15.3. The van der Waals surface area contributed by atoms with Gasteiger partial charge in [0.25, 0.3) is 5.91 Å². The van der Waals surface area contributed by atoms with E-state index in [0.29, 0.717) is 23.4 Å². The minimum atomic E-state index is -3.55. The predicted octanol–water partition coefficient (Wildman–Crippen LogP) is 3.38. The standard InChI is InChI=1S/C23H27N3O4S2/c24-21(27)20-18-8-4-5-9-19(18)31-23(20)25-22(28)17-10-13-26(14-11-17)32(29,30)15-12-16-6-2-1-3-7-16/h1-3,6-7,12,15,17H,4-5,8-11,13-14H2,(H2,24,27)(H,25,28). The Morgan fingerprint density at radius 3 is 2.47 bits per heavy atom. The lowest BCUT2D eigenvalue weighted by molar-refractivity contribution is -0.120. The number of hydrogen-bond donors (Lipinski definition) is 2. The Balaban J connectivity index is 1.38. The molecule has 2 amide bonds. The van der Waals surface area contributed by atoms with Crippen molar-refractivity contribution in [1.82, 2.24) is 4.31 Å². The molecule has 1 aromatic heterocycles. The Morgan fingerprint density at radius 1 is 1.09 bits per heavy atom. The molecular formula is C23H27N3O4S2. The maximum Gasteiger partial charge on any atom is 0.251 e. The van der Waals surface area contributed by atoms with Crippen LogP contribution in [0.3, 0.4) is 0 Å². The summed E-state index contributed by atoms with van der Waals surface area (Å²) in [5, 5.41) is 4.67. The quantitative estimate of drug-likeness (QED) is 0.670. The minimum Gasteiger partial charge on any atom is -0.365 e. The minimum absolute atomic E-state index is 0.178. The molecule has 1 aliphatic carbocycles. The fraction of sp³-hybridized carbons (Fsp3) is 0.391. The van der Waals surface area contributed by atoms with Crippen LogP contribution < -0.4 is 11.1 Å². The smallest absolute Gasteiger partial charge is 0.251 e. The summed E-state index contributed by atoms with van der Waals surface area (Å²) in [7, 11) is -3.55. The molecule has 32 heavy (non-hydrogen) atoms. The van der Waals surface area contributed by atoms with Gasteiger partial charge >= 0.3 is 0 Å². The van der Waals surface area contributed by atoms with Gasteiger partial charge in [-0.2, -0.15) is 4.31 Å². The lowest BCUT2D eigenvalue weighted by Crippen LogP contribution is -2.40. The van der Waals surface area contributed by atoms with Gasteiger partial charge in [0.15, 0.2) is 0 Å². The van der Waals surface area contributed by atoms with Crippen molar-refractivity contribution in [1.29, 1.82) is 0 Å². The van der Waals surface area contributed by atoms with E-state index in [9.17, 15) is 18.0 Å². The number of anilines is 1. The summed E-state index contributed by atoms with van der Waals surface area (Å²) in [6, 6.07) is 9.25. The third kappa shape index (κ3) is 4.95. The summed E-state index contributed by atoms with van der Waals surface area (Å²) in [6.07, 6.45) is 6.25. The van der Waals surface area contributed by atoms with Gasteiger partial charge in [0, 0.05) is 29.3 Å². The highest BCUT2D eigenvalue weighted by atomic mass is 32.2. The van der Waals surface area contributed by atoms with E-state index in [1.807, 2.05) is 30.3 Å². The highest BCUT2D eigenvalue weighted by Gasteiger charge is 2.31. The SMILES string of the molecule is NC(=O)c1c(NC(=O)C2CCN(S(=O)(=O)C=Cc3ccccc3)CC2)sc2c1CCCC2. The Kier molecular flexibility index (Phi) is 6.78. The van der Waals surface area contributed by atoms with Gasteiger partial charge in [-0.1, -0.05) is 30.3 Å². The molecule has 7 nitrogen and oxygen atoms in total. The fourth-order valence-corrected chi connectivity index (χ4v) is 6.83. The molecule has 0 spiro atoms. The van der Waals surface area contributed by atoms with E-state index >= 15 is 0 Å². The topological polar surface area (TPSA) is 110 Å². The average Bonchev–Trinajstić information content (AvgIpc) is 3.16. The largest absolute Gasteiger partial charge is 0.365 e. The molecule has 1 saturated heterocycles. The average molecular weight is 474 g/mol. The van der Waals surface area contributed by atoms with E-state index in [-0.39, 0.29) is 24.9 Å². The second kappa shape index (κ2) is 9.56. The molecule has 2 aromatic rings. The van der Waals surface area contributed by atoms with Crippen molar-refractivity contribution in [2.75, 3.05) is 18.4 Å². The first-order valence-electron chi connectivity index (χ1n) is 10.8. The maximum atomic E-state index is 12.9. The number of sulfonamides is 1. The van der Waals surface area contributed by atoms with Crippen LogP contribution in [-0.2, 0) is 27.7 Å². The number of carbonyl (C=O) groups excluding carboxylic acids is 2. The van der Waals surface area contributed by atoms with Crippen LogP contribution in [0, 0.1) is 5.92 Å². The molecule has 9 heteroatoms. The first kappa shape index (κ1) is 22.7. The number of carbonyl (C=O) groups is 2. The fourth-order valence-electron chi connectivity index (χ4n) is 4.32. The van der Waals surface area contributed by atoms with Gasteiger partial charge in [-0.25, -0.2) is 8.42 Å². The van der Waals surface area contributed by atoms with Crippen LogP contribution >= 0.6 is 11.3 Å². The van der Waals surface area contributed by atoms with Gasteiger partial charge in [-0.3, -0.25) is 9.59 Å². The van der Waals surface area contributed by atoms with Crippen molar-refractivity contribution in [3.8, 4) is 0 Å².